The van der Waals surface area contributed by atoms with Crippen molar-refractivity contribution in [2.24, 2.45) is 4.99 Å². The molecule has 0 aliphatic heterocycles. The summed E-state index contributed by atoms with van der Waals surface area (Å²) in [6, 6.07) is 7.71. The van der Waals surface area contributed by atoms with Crippen molar-refractivity contribution in [3.05, 3.63) is 24.3 Å². The van der Waals surface area contributed by atoms with Gasteiger partial charge in [0.25, 0.3) is 0 Å². The predicted molar refractivity (Wildman–Crippen MR) is 132 cm³/mol. The van der Waals surface area contributed by atoms with Crippen molar-refractivity contribution in [3.8, 4) is 5.75 Å². The molecule has 0 atom stereocenters. The van der Waals surface area contributed by atoms with E-state index in [1.54, 1.807) is 26.1 Å². The second kappa shape index (κ2) is 17.1. The third kappa shape index (κ3) is 13.6. The third-order valence-electron chi connectivity index (χ3n) is 3.77. The number of guanidine groups is 1. The predicted octanol–water partition coefficient (Wildman–Crippen LogP) is 2.98. The first-order chi connectivity index (χ1) is 13.9. The Balaban J connectivity index is 0.00000841. The molecule has 1 aromatic rings. The first-order valence-corrected chi connectivity index (χ1v) is 10.0. The Morgan fingerprint density at radius 3 is 2.43 bits per heavy atom. The molecule has 0 unspecified atom stereocenters. The number of ether oxygens (including phenoxy) is 3. The normalized spacial score (nSPS) is 11.1. The number of carbonyl (C=O) groups excluding carboxylic acids is 1. The summed E-state index contributed by atoms with van der Waals surface area (Å²) < 4.78 is 16.1. The Bertz CT molecular complexity index is 610. The fourth-order valence-corrected chi connectivity index (χ4v) is 2.28. The molecule has 30 heavy (non-hydrogen) atoms. The van der Waals surface area contributed by atoms with Gasteiger partial charge in [-0.15, -0.1) is 24.0 Å². The van der Waals surface area contributed by atoms with Crippen molar-refractivity contribution < 1.29 is 19.0 Å². The van der Waals surface area contributed by atoms with Gasteiger partial charge in [0.05, 0.1) is 19.3 Å². The monoisotopic (exact) mass is 536 g/mol. The first kappa shape index (κ1) is 28.4. The van der Waals surface area contributed by atoms with Gasteiger partial charge in [-0.2, -0.15) is 0 Å². The average molecular weight is 536 g/mol. The van der Waals surface area contributed by atoms with Crippen LogP contribution >= 0.6 is 24.0 Å². The number of rotatable bonds is 13. The van der Waals surface area contributed by atoms with Crippen LogP contribution in [0.4, 0.5) is 5.69 Å². The van der Waals surface area contributed by atoms with Gasteiger partial charge < -0.3 is 29.7 Å². The van der Waals surface area contributed by atoms with Crippen LogP contribution in [0.5, 0.6) is 5.75 Å². The molecule has 0 saturated carbocycles. The lowest BCUT2D eigenvalue weighted by Gasteiger charge is -2.15. The molecule has 1 amide bonds. The second-order valence-electron chi connectivity index (χ2n) is 6.97. The van der Waals surface area contributed by atoms with Crippen LogP contribution in [0.1, 0.15) is 26.7 Å². The van der Waals surface area contributed by atoms with Crippen molar-refractivity contribution in [1.82, 2.24) is 10.2 Å². The van der Waals surface area contributed by atoms with Gasteiger partial charge in [-0.25, -0.2) is 0 Å². The number of anilines is 1. The van der Waals surface area contributed by atoms with E-state index in [2.05, 4.69) is 15.6 Å². The quantitative estimate of drug-likeness (QED) is 0.175. The summed E-state index contributed by atoms with van der Waals surface area (Å²) in [6.07, 6.45) is 1.33. The molecule has 172 valence electrons. The van der Waals surface area contributed by atoms with E-state index >= 15 is 0 Å². The molecule has 0 saturated heterocycles. The highest BCUT2D eigenvalue weighted by molar-refractivity contribution is 14.0. The number of methoxy groups -OCH3 is 1. The van der Waals surface area contributed by atoms with Crippen LogP contribution in [-0.4, -0.2) is 77.0 Å². The van der Waals surface area contributed by atoms with Crippen LogP contribution in [0, 0.1) is 0 Å². The van der Waals surface area contributed by atoms with Crippen LogP contribution in [-0.2, 0) is 14.3 Å². The van der Waals surface area contributed by atoms with Crippen LogP contribution in [0.25, 0.3) is 0 Å². The lowest BCUT2D eigenvalue weighted by molar-refractivity contribution is -0.128. The smallest absolute Gasteiger partial charge is 0.223 e. The molecule has 0 aliphatic carbocycles. The molecule has 0 fully saturated rings. The van der Waals surface area contributed by atoms with Gasteiger partial charge in [0.2, 0.25) is 5.91 Å². The second-order valence-corrected chi connectivity index (χ2v) is 6.97. The lowest BCUT2D eigenvalue weighted by Crippen LogP contribution is -2.34. The number of carbonyl (C=O) groups is 1. The summed E-state index contributed by atoms with van der Waals surface area (Å²) in [7, 11) is 5.15. The zero-order valence-electron chi connectivity index (χ0n) is 18.8. The fraction of sp³-hybridized carbons (Fsp3) is 0.619. The van der Waals surface area contributed by atoms with E-state index in [0.717, 1.165) is 17.9 Å². The number of hydrogen-bond donors (Lipinski definition) is 2. The Morgan fingerprint density at radius 2 is 1.83 bits per heavy atom. The molecule has 0 spiro atoms. The van der Waals surface area contributed by atoms with Gasteiger partial charge in [0, 0.05) is 53.0 Å². The maximum absolute atomic E-state index is 11.8. The molecule has 9 heteroatoms. The van der Waals surface area contributed by atoms with Gasteiger partial charge >= 0.3 is 0 Å². The Kier molecular flexibility index (Phi) is 16.2. The van der Waals surface area contributed by atoms with E-state index in [-0.39, 0.29) is 36.0 Å². The van der Waals surface area contributed by atoms with Crippen molar-refractivity contribution in [2.45, 2.75) is 32.8 Å². The van der Waals surface area contributed by atoms with E-state index in [1.807, 2.05) is 38.1 Å². The average Bonchev–Trinajstić information content (AvgIpc) is 2.67. The maximum atomic E-state index is 11.8. The fourth-order valence-electron chi connectivity index (χ4n) is 2.28. The molecule has 0 heterocycles. The Labute approximate surface area is 197 Å². The van der Waals surface area contributed by atoms with E-state index in [0.29, 0.717) is 45.3 Å². The Morgan fingerprint density at radius 1 is 1.13 bits per heavy atom. The molecule has 0 bridgehead atoms. The number of nitrogens with zero attached hydrogens (tertiary/aromatic N) is 2. The number of amides is 1. The zero-order chi connectivity index (χ0) is 21.5. The van der Waals surface area contributed by atoms with E-state index in [1.165, 1.54) is 0 Å². The van der Waals surface area contributed by atoms with Crippen LogP contribution in [0.2, 0.25) is 0 Å². The molecule has 2 N–H and O–H groups in total. The third-order valence-corrected chi connectivity index (χ3v) is 3.77. The zero-order valence-corrected chi connectivity index (χ0v) is 21.1. The topological polar surface area (TPSA) is 84.4 Å². The summed E-state index contributed by atoms with van der Waals surface area (Å²) in [4.78, 5) is 17.9. The standard InChI is InChI=1S/C21H36N4O4.HI/c1-17(2)29-19-9-7-18(8-10-19)24-21(23-13-11-20(26)25(3)4)22-12-6-14-28-16-15-27-5;/h7-10,17H,6,11-16H2,1-5H3,(H2,22,23,24);1H. The minimum atomic E-state index is 0. The summed E-state index contributed by atoms with van der Waals surface area (Å²) in [5, 5.41) is 6.48. The molecule has 0 aliphatic rings. The van der Waals surface area contributed by atoms with Crippen LogP contribution in [0.15, 0.2) is 29.3 Å². The largest absolute Gasteiger partial charge is 0.491 e. The number of halogens is 1. The molecule has 8 nitrogen and oxygen atoms in total. The maximum Gasteiger partial charge on any atom is 0.223 e. The highest BCUT2D eigenvalue weighted by atomic mass is 127. The summed E-state index contributed by atoms with van der Waals surface area (Å²) in [5.41, 5.74) is 0.891. The van der Waals surface area contributed by atoms with Gasteiger partial charge in [-0.1, -0.05) is 0 Å². The van der Waals surface area contributed by atoms with Crippen molar-refractivity contribution in [1.29, 1.82) is 0 Å². The van der Waals surface area contributed by atoms with Gasteiger partial charge in [-0.3, -0.25) is 9.79 Å². The van der Waals surface area contributed by atoms with Crippen molar-refractivity contribution in [2.75, 3.05) is 59.4 Å². The van der Waals surface area contributed by atoms with Crippen LogP contribution in [0.3, 0.4) is 0 Å². The summed E-state index contributed by atoms with van der Waals surface area (Å²) >= 11 is 0. The minimum Gasteiger partial charge on any atom is -0.491 e. The molecule has 0 radical (unpaired) electrons. The number of hydrogen-bond acceptors (Lipinski definition) is 5. The van der Waals surface area contributed by atoms with Gasteiger partial charge in [0.1, 0.15) is 5.75 Å². The highest BCUT2D eigenvalue weighted by Crippen LogP contribution is 2.16. The number of aliphatic imine (C=N–C) groups is 1. The molecular weight excluding hydrogens is 499 g/mol. The number of nitrogens with one attached hydrogen (secondary N) is 2. The van der Waals surface area contributed by atoms with E-state index < -0.39 is 0 Å². The molecule has 0 aromatic heterocycles. The van der Waals surface area contributed by atoms with E-state index in [9.17, 15) is 4.79 Å². The van der Waals surface area contributed by atoms with Crippen molar-refractivity contribution in [3.63, 3.8) is 0 Å². The Hall–Kier alpha value is -1.59. The summed E-state index contributed by atoms with van der Waals surface area (Å²) in [5.74, 6) is 1.52. The van der Waals surface area contributed by atoms with Gasteiger partial charge in [-0.05, 0) is 44.5 Å². The molecule has 1 rings (SSSR count). The number of benzene rings is 1. The van der Waals surface area contributed by atoms with Gasteiger partial charge in [0.15, 0.2) is 5.96 Å². The van der Waals surface area contributed by atoms with Crippen LogP contribution < -0.4 is 15.4 Å². The molecular formula is C21H37IN4O4. The lowest BCUT2D eigenvalue weighted by atomic mass is 10.3. The van der Waals surface area contributed by atoms with Crippen molar-refractivity contribution >= 4 is 41.5 Å². The SMILES string of the molecule is COCCOCCCN=C(NCCC(=O)N(C)C)Nc1ccc(OC(C)C)cc1.I. The minimum absolute atomic E-state index is 0. The summed E-state index contributed by atoms with van der Waals surface area (Å²) in [6.45, 7) is 6.90. The first-order valence-electron chi connectivity index (χ1n) is 10.0. The van der Waals surface area contributed by atoms with E-state index in [4.69, 9.17) is 14.2 Å². The molecule has 1 aromatic carbocycles. The highest BCUT2D eigenvalue weighted by Gasteiger charge is 2.06.